The van der Waals surface area contributed by atoms with Crippen LogP contribution in [-0.4, -0.2) is 18.4 Å². The Kier molecular flexibility index (Phi) is 5.99. The van der Waals surface area contributed by atoms with E-state index >= 15 is 0 Å². The third kappa shape index (κ3) is 6.35. The highest BCUT2D eigenvalue weighted by Crippen LogP contribution is 2.05. The molecule has 0 aromatic carbocycles. The molecule has 0 aliphatic carbocycles. The van der Waals surface area contributed by atoms with Gasteiger partial charge in [0.2, 0.25) is 0 Å². The van der Waals surface area contributed by atoms with E-state index in [2.05, 4.69) is 33.0 Å². The molecule has 0 heterocycles. The molecule has 0 saturated heterocycles. The van der Waals surface area contributed by atoms with Crippen molar-refractivity contribution < 1.29 is 4.79 Å². The van der Waals surface area contributed by atoms with Gasteiger partial charge in [-0.15, -0.1) is 0 Å². The third-order valence-electron chi connectivity index (χ3n) is 1.98. The van der Waals surface area contributed by atoms with E-state index in [0.29, 0.717) is 24.3 Å². The highest BCUT2D eigenvalue weighted by atomic mass is 16.1. The summed E-state index contributed by atoms with van der Waals surface area (Å²) in [6.07, 6.45) is 1.81. The zero-order valence-corrected chi connectivity index (χ0v) is 8.68. The fraction of sp³-hybridized carbons (Fsp3) is 0.900. The molecule has 0 aromatic heterocycles. The van der Waals surface area contributed by atoms with Crippen LogP contribution in [0.3, 0.4) is 0 Å². The van der Waals surface area contributed by atoms with Crippen LogP contribution >= 0.6 is 0 Å². The lowest BCUT2D eigenvalue weighted by atomic mass is 10.0. The lowest BCUT2D eigenvalue weighted by Crippen LogP contribution is -2.29. The SMILES string of the molecule is CCC(C)CC(=O)CNC(C)C. The Balaban J connectivity index is 3.46. The van der Waals surface area contributed by atoms with Crippen molar-refractivity contribution >= 4 is 5.78 Å². The second kappa shape index (κ2) is 6.18. The van der Waals surface area contributed by atoms with Gasteiger partial charge in [-0.1, -0.05) is 34.1 Å². The van der Waals surface area contributed by atoms with Crippen LogP contribution in [-0.2, 0) is 4.79 Å². The minimum Gasteiger partial charge on any atom is -0.308 e. The van der Waals surface area contributed by atoms with E-state index in [4.69, 9.17) is 0 Å². The zero-order chi connectivity index (χ0) is 9.56. The third-order valence-corrected chi connectivity index (χ3v) is 1.98. The van der Waals surface area contributed by atoms with Crippen LogP contribution in [0, 0.1) is 5.92 Å². The summed E-state index contributed by atoms with van der Waals surface area (Å²) in [7, 11) is 0. The van der Waals surface area contributed by atoms with Crippen molar-refractivity contribution in [2.45, 2.75) is 46.6 Å². The van der Waals surface area contributed by atoms with Crippen molar-refractivity contribution in [2.75, 3.05) is 6.54 Å². The summed E-state index contributed by atoms with van der Waals surface area (Å²) in [6, 6.07) is 0.408. The normalized spacial score (nSPS) is 13.4. The number of carbonyl (C=O) groups excluding carboxylic acids is 1. The minimum absolute atomic E-state index is 0.332. The average Bonchev–Trinajstić information content (AvgIpc) is 2.00. The molecule has 0 aliphatic rings. The molecular weight excluding hydrogens is 150 g/mol. The van der Waals surface area contributed by atoms with Crippen molar-refractivity contribution in [1.29, 1.82) is 0 Å². The number of carbonyl (C=O) groups is 1. The van der Waals surface area contributed by atoms with Crippen molar-refractivity contribution in [1.82, 2.24) is 5.32 Å². The van der Waals surface area contributed by atoms with Gasteiger partial charge >= 0.3 is 0 Å². The van der Waals surface area contributed by atoms with Crippen LogP contribution in [0.25, 0.3) is 0 Å². The van der Waals surface area contributed by atoms with Gasteiger partial charge in [-0.25, -0.2) is 0 Å². The first-order chi connectivity index (χ1) is 5.56. The largest absolute Gasteiger partial charge is 0.308 e. The first-order valence-corrected chi connectivity index (χ1v) is 4.81. The smallest absolute Gasteiger partial charge is 0.146 e. The number of hydrogen-bond acceptors (Lipinski definition) is 2. The van der Waals surface area contributed by atoms with Gasteiger partial charge < -0.3 is 5.32 Å². The first-order valence-electron chi connectivity index (χ1n) is 4.81. The fourth-order valence-electron chi connectivity index (χ4n) is 0.923. The zero-order valence-electron chi connectivity index (χ0n) is 8.68. The van der Waals surface area contributed by atoms with E-state index in [1.54, 1.807) is 0 Å². The maximum absolute atomic E-state index is 11.3. The van der Waals surface area contributed by atoms with Crippen LogP contribution in [0.5, 0.6) is 0 Å². The summed E-state index contributed by atoms with van der Waals surface area (Å²) in [5.74, 6) is 0.865. The highest BCUT2D eigenvalue weighted by Gasteiger charge is 2.06. The molecule has 2 heteroatoms. The lowest BCUT2D eigenvalue weighted by Gasteiger charge is -2.09. The van der Waals surface area contributed by atoms with E-state index in [9.17, 15) is 4.79 Å². The molecule has 0 saturated carbocycles. The van der Waals surface area contributed by atoms with Gasteiger partial charge in [0.05, 0.1) is 6.54 Å². The maximum atomic E-state index is 11.3. The minimum atomic E-state index is 0.332. The summed E-state index contributed by atoms with van der Waals surface area (Å²) >= 11 is 0. The Bertz CT molecular complexity index is 132. The topological polar surface area (TPSA) is 29.1 Å². The fourth-order valence-corrected chi connectivity index (χ4v) is 0.923. The van der Waals surface area contributed by atoms with Crippen molar-refractivity contribution in [3.05, 3.63) is 0 Å². The van der Waals surface area contributed by atoms with Crippen LogP contribution in [0.4, 0.5) is 0 Å². The van der Waals surface area contributed by atoms with Gasteiger partial charge in [0, 0.05) is 12.5 Å². The van der Waals surface area contributed by atoms with Crippen molar-refractivity contribution in [3.63, 3.8) is 0 Å². The summed E-state index contributed by atoms with van der Waals surface area (Å²) in [6.45, 7) is 8.87. The molecule has 12 heavy (non-hydrogen) atoms. The van der Waals surface area contributed by atoms with E-state index in [0.717, 1.165) is 12.8 Å². The van der Waals surface area contributed by atoms with Gasteiger partial charge in [0.1, 0.15) is 5.78 Å². The Morgan fingerprint density at radius 1 is 1.33 bits per heavy atom. The number of hydrogen-bond donors (Lipinski definition) is 1. The maximum Gasteiger partial charge on any atom is 0.146 e. The van der Waals surface area contributed by atoms with Gasteiger partial charge in [-0.05, 0) is 5.92 Å². The molecule has 0 amide bonds. The standard InChI is InChI=1S/C10H21NO/c1-5-9(4)6-10(12)7-11-8(2)3/h8-9,11H,5-7H2,1-4H3. The molecule has 1 unspecified atom stereocenters. The predicted octanol–water partition coefficient (Wildman–Crippen LogP) is 1.99. The molecule has 1 N–H and O–H groups in total. The quantitative estimate of drug-likeness (QED) is 0.662. The molecule has 72 valence electrons. The van der Waals surface area contributed by atoms with E-state index in [1.165, 1.54) is 0 Å². The molecular formula is C10H21NO. The van der Waals surface area contributed by atoms with Gasteiger partial charge in [-0.3, -0.25) is 4.79 Å². The second-order valence-corrected chi connectivity index (χ2v) is 3.79. The molecule has 2 nitrogen and oxygen atoms in total. The molecule has 0 aliphatic heterocycles. The van der Waals surface area contributed by atoms with Crippen LogP contribution in [0.15, 0.2) is 0 Å². The van der Waals surface area contributed by atoms with Crippen molar-refractivity contribution in [3.8, 4) is 0 Å². The Morgan fingerprint density at radius 3 is 2.33 bits per heavy atom. The monoisotopic (exact) mass is 171 g/mol. The van der Waals surface area contributed by atoms with E-state index in [1.807, 2.05) is 0 Å². The van der Waals surface area contributed by atoms with Gasteiger partial charge in [-0.2, -0.15) is 0 Å². The summed E-state index contributed by atoms with van der Waals surface area (Å²) in [5.41, 5.74) is 0. The van der Waals surface area contributed by atoms with E-state index < -0.39 is 0 Å². The van der Waals surface area contributed by atoms with Crippen molar-refractivity contribution in [2.24, 2.45) is 5.92 Å². The molecule has 0 rings (SSSR count). The molecule has 0 bridgehead atoms. The van der Waals surface area contributed by atoms with Gasteiger partial charge in [0.25, 0.3) is 0 Å². The Labute approximate surface area is 75.7 Å². The van der Waals surface area contributed by atoms with Crippen LogP contribution < -0.4 is 5.32 Å². The highest BCUT2D eigenvalue weighted by molar-refractivity contribution is 5.80. The number of Topliss-reactive ketones (excluding diaryl/α,β-unsaturated/α-hetero) is 1. The summed E-state index contributed by atoms with van der Waals surface area (Å²) in [4.78, 5) is 11.3. The Hall–Kier alpha value is -0.370. The van der Waals surface area contributed by atoms with Crippen LogP contribution in [0.2, 0.25) is 0 Å². The first kappa shape index (κ1) is 11.6. The molecule has 0 aromatic rings. The Morgan fingerprint density at radius 2 is 1.92 bits per heavy atom. The summed E-state index contributed by atoms with van der Waals surface area (Å²) in [5, 5.41) is 3.13. The number of nitrogens with one attached hydrogen (secondary N) is 1. The average molecular weight is 171 g/mol. The number of ketones is 1. The molecule has 1 atom stereocenters. The van der Waals surface area contributed by atoms with Crippen LogP contribution in [0.1, 0.15) is 40.5 Å². The van der Waals surface area contributed by atoms with E-state index in [-0.39, 0.29) is 0 Å². The molecule has 0 spiro atoms. The second-order valence-electron chi connectivity index (χ2n) is 3.79. The molecule has 0 fully saturated rings. The molecule has 0 radical (unpaired) electrons. The lowest BCUT2D eigenvalue weighted by molar-refractivity contribution is -0.119. The predicted molar refractivity (Wildman–Crippen MR) is 52.2 cm³/mol. The van der Waals surface area contributed by atoms with Gasteiger partial charge in [0.15, 0.2) is 0 Å². The summed E-state index contributed by atoms with van der Waals surface area (Å²) < 4.78 is 0. The number of rotatable bonds is 6.